The van der Waals surface area contributed by atoms with Gasteiger partial charge in [-0.1, -0.05) is 53.6 Å². The highest BCUT2D eigenvalue weighted by molar-refractivity contribution is 7.92. The van der Waals surface area contributed by atoms with Crippen LogP contribution in [-0.2, 0) is 19.6 Å². The number of para-hydroxylation sites is 1. The van der Waals surface area contributed by atoms with Crippen LogP contribution < -0.4 is 4.31 Å². The van der Waals surface area contributed by atoms with Gasteiger partial charge in [0, 0.05) is 10.6 Å². The first-order valence-electron chi connectivity index (χ1n) is 9.98. The second kappa shape index (κ2) is 8.36. The van der Waals surface area contributed by atoms with Crippen molar-refractivity contribution in [3.63, 3.8) is 0 Å². The van der Waals surface area contributed by atoms with E-state index in [4.69, 9.17) is 16.3 Å². The molecule has 5 nitrogen and oxygen atoms in total. The Balaban J connectivity index is 1.96. The molecular weight excluding hydrogens is 434 g/mol. The molecule has 0 aliphatic carbocycles. The maximum absolute atomic E-state index is 13.8. The molecule has 0 saturated heterocycles. The molecule has 0 N–H and O–H groups in total. The highest BCUT2D eigenvalue weighted by Gasteiger charge is 2.40. The molecule has 31 heavy (non-hydrogen) atoms. The van der Waals surface area contributed by atoms with Crippen LogP contribution in [0.15, 0.2) is 71.6 Å². The van der Waals surface area contributed by atoms with E-state index < -0.39 is 22.0 Å². The third-order valence-electron chi connectivity index (χ3n) is 5.33. The highest BCUT2D eigenvalue weighted by atomic mass is 35.5. The van der Waals surface area contributed by atoms with Gasteiger partial charge in [-0.2, -0.15) is 0 Å². The molecular formula is C24H22ClNO4S. The largest absolute Gasteiger partial charge is 0.466 e. The molecule has 0 fully saturated rings. The number of benzene rings is 3. The Kier molecular flexibility index (Phi) is 5.77. The van der Waals surface area contributed by atoms with Crippen molar-refractivity contribution in [3.05, 3.63) is 82.9 Å². The van der Waals surface area contributed by atoms with Crippen LogP contribution in [0.3, 0.4) is 0 Å². The van der Waals surface area contributed by atoms with Gasteiger partial charge in [-0.25, -0.2) is 8.42 Å². The summed E-state index contributed by atoms with van der Waals surface area (Å²) < 4.78 is 34.2. The number of anilines is 1. The lowest BCUT2D eigenvalue weighted by Gasteiger charge is -2.39. The minimum Gasteiger partial charge on any atom is -0.466 e. The van der Waals surface area contributed by atoms with Crippen molar-refractivity contribution < 1.29 is 17.9 Å². The van der Waals surface area contributed by atoms with Crippen molar-refractivity contribution >= 4 is 33.3 Å². The van der Waals surface area contributed by atoms with Gasteiger partial charge in [-0.3, -0.25) is 9.10 Å². The predicted molar refractivity (Wildman–Crippen MR) is 122 cm³/mol. The van der Waals surface area contributed by atoms with E-state index in [9.17, 15) is 13.2 Å². The number of aryl methyl sites for hydroxylation is 1. The molecule has 1 atom stereocenters. The second-order valence-corrected chi connectivity index (χ2v) is 9.64. The molecule has 0 bridgehead atoms. The van der Waals surface area contributed by atoms with Crippen molar-refractivity contribution in [2.45, 2.75) is 31.2 Å². The van der Waals surface area contributed by atoms with Crippen LogP contribution in [0.2, 0.25) is 5.02 Å². The molecule has 0 spiro atoms. The Labute approximate surface area is 187 Å². The summed E-state index contributed by atoms with van der Waals surface area (Å²) in [4.78, 5) is 12.7. The van der Waals surface area contributed by atoms with E-state index in [2.05, 4.69) is 0 Å². The lowest BCUT2D eigenvalue weighted by Crippen LogP contribution is -2.39. The molecule has 4 rings (SSSR count). The van der Waals surface area contributed by atoms with Crippen LogP contribution in [0.25, 0.3) is 11.1 Å². The fraction of sp³-hybridized carbons (Fsp3) is 0.208. The van der Waals surface area contributed by atoms with Crippen molar-refractivity contribution in [2.75, 3.05) is 10.9 Å². The summed E-state index contributed by atoms with van der Waals surface area (Å²) in [5.41, 5.74) is 3.77. The van der Waals surface area contributed by atoms with E-state index in [-0.39, 0.29) is 17.9 Å². The molecule has 1 unspecified atom stereocenters. The summed E-state index contributed by atoms with van der Waals surface area (Å²) in [5.74, 6) is -0.470. The number of hydrogen-bond acceptors (Lipinski definition) is 4. The van der Waals surface area contributed by atoms with Gasteiger partial charge in [0.15, 0.2) is 0 Å². The Morgan fingerprint density at radius 2 is 1.74 bits per heavy atom. The van der Waals surface area contributed by atoms with Crippen LogP contribution in [-0.4, -0.2) is 21.0 Å². The van der Waals surface area contributed by atoms with E-state index >= 15 is 0 Å². The van der Waals surface area contributed by atoms with Crippen molar-refractivity contribution in [1.82, 2.24) is 0 Å². The Hall–Kier alpha value is -2.83. The standard InChI is InChI=1S/C24H22ClNO4S/c1-3-30-24(27)15-23-21-14-17(25)10-13-19(21)20-6-4-5-7-22(20)26(23)31(28,29)18-11-8-16(2)9-12-18/h4-14,23H,3,15H2,1-2H3. The summed E-state index contributed by atoms with van der Waals surface area (Å²) in [6.45, 7) is 3.84. The maximum Gasteiger partial charge on any atom is 0.308 e. The normalized spacial score (nSPS) is 15.2. The van der Waals surface area contributed by atoms with Gasteiger partial charge in [-0.05, 0) is 55.3 Å². The zero-order valence-electron chi connectivity index (χ0n) is 17.2. The fourth-order valence-electron chi connectivity index (χ4n) is 3.93. The molecule has 0 radical (unpaired) electrons. The van der Waals surface area contributed by atoms with E-state index in [0.29, 0.717) is 16.3 Å². The zero-order chi connectivity index (χ0) is 22.2. The monoisotopic (exact) mass is 455 g/mol. The number of nitrogens with zero attached hydrogens (tertiary/aromatic N) is 1. The molecule has 3 aromatic rings. The predicted octanol–water partition coefficient (Wildman–Crippen LogP) is 5.52. The van der Waals surface area contributed by atoms with Gasteiger partial charge in [0.05, 0.1) is 29.7 Å². The van der Waals surface area contributed by atoms with Crippen LogP contribution in [0.4, 0.5) is 5.69 Å². The number of halogens is 1. The summed E-state index contributed by atoms with van der Waals surface area (Å²) in [5, 5.41) is 0.472. The number of esters is 1. The molecule has 1 aliphatic heterocycles. The average molecular weight is 456 g/mol. The lowest BCUT2D eigenvalue weighted by molar-refractivity contribution is -0.143. The third kappa shape index (κ3) is 3.93. The molecule has 1 aliphatic rings. The average Bonchev–Trinajstić information content (AvgIpc) is 2.74. The van der Waals surface area contributed by atoms with Gasteiger partial charge >= 0.3 is 5.97 Å². The van der Waals surface area contributed by atoms with Gasteiger partial charge in [0.1, 0.15) is 0 Å². The number of carbonyl (C=O) groups excluding carboxylic acids is 1. The second-order valence-electron chi connectivity index (χ2n) is 7.39. The summed E-state index contributed by atoms with van der Waals surface area (Å²) in [6, 6.07) is 18.6. The smallest absolute Gasteiger partial charge is 0.308 e. The summed E-state index contributed by atoms with van der Waals surface area (Å²) >= 11 is 6.28. The molecule has 0 saturated carbocycles. The van der Waals surface area contributed by atoms with Crippen LogP contribution in [0.5, 0.6) is 0 Å². The third-order valence-corrected chi connectivity index (χ3v) is 7.40. The summed E-state index contributed by atoms with van der Waals surface area (Å²) in [7, 11) is -3.98. The van der Waals surface area contributed by atoms with E-state index in [1.165, 1.54) is 4.31 Å². The van der Waals surface area contributed by atoms with Crippen LogP contribution in [0, 0.1) is 6.92 Å². The lowest BCUT2D eigenvalue weighted by atomic mass is 9.88. The first-order chi connectivity index (χ1) is 14.8. The van der Waals surface area contributed by atoms with Gasteiger partial charge in [-0.15, -0.1) is 0 Å². The molecule has 7 heteroatoms. The Bertz CT molecular complexity index is 1240. The first kappa shape index (κ1) is 21.4. The maximum atomic E-state index is 13.8. The molecule has 0 aromatic heterocycles. The minimum absolute atomic E-state index is 0.124. The number of rotatable bonds is 5. The molecule has 0 amide bonds. The van der Waals surface area contributed by atoms with Crippen molar-refractivity contribution in [1.29, 1.82) is 0 Å². The Morgan fingerprint density at radius 3 is 2.45 bits per heavy atom. The molecule has 160 valence electrons. The highest BCUT2D eigenvalue weighted by Crippen LogP contribution is 2.49. The van der Waals surface area contributed by atoms with Crippen molar-refractivity contribution in [3.8, 4) is 11.1 Å². The van der Waals surface area contributed by atoms with E-state index in [1.807, 2.05) is 25.1 Å². The number of sulfonamides is 1. The number of carbonyl (C=O) groups is 1. The van der Waals surface area contributed by atoms with E-state index in [0.717, 1.165) is 16.7 Å². The SMILES string of the molecule is CCOC(=O)CC1c2cc(Cl)ccc2-c2ccccc2N1S(=O)(=O)c1ccc(C)cc1. The minimum atomic E-state index is -3.98. The van der Waals surface area contributed by atoms with Gasteiger partial charge < -0.3 is 4.74 Å². The first-order valence-corrected chi connectivity index (χ1v) is 11.8. The number of fused-ring (bicyclic) bond motifs is 3. The Morgan fingerprint density at radius 1 is 1.03 bits per heavy atom. The number of hydrogen-bond donors (Lipinski definition) is 0. The van der Waals surface area contributed by atoms with Crippen LogP contribution in [0.1, 0.15) is 30.5 Å². The number of ether oxygens (including phenoxy) is 1. The van der Waals surface area contributed by atoms with Gasteiger partial charge in [0.2, 0.25) is 0 Å². The molecule has 3 aromatic carbocycles. The molecule has 1 heterocycles. The quantitative estimate of drug-likeness (QED) is 0.475. The van der Waals surface area contributed by atoms with E-state index in [1.54, 1.807) is 55.5 Å². The zero-order valence-corrected chi connectivity index (χ0v) is 18.8. The van der Waals surface area contributed by atoms with Gasteiger partial charge in [0.25, 0.3) is 10.0 Å². The van der Waals surface area contributed by atoms with Crippen molar-refractivity contribution in [2.24, 2.45) is 0 Å². The fourth-order valence-corrected chi connectivity index (χ4v) is 5.76. The summed E-state index contributed by atoms with van der Waals surface area (Å²) in [6.07, 6.45) is -0.124. The van der Waals surface area contributed by atoms with Crippen LogP contribution >= 0.6 is 11.6 Å². The topological polar surface area (TPSA) is 63.7 Å².